The molecule has 2 heteroatoms. The maximum absolute atomic E-state index is 5.75. The second-order valence-electron chi connectivity index (χ2n) is 4.01. The Bertz CT molecular complexity index is 134. The lowest BCUT2D eigenvalue weighted by atomic mass is 10.0. The average Bonchev–Trinajstić information content (AvgIpc) is 2.51. The van der Waals surface area contributed by atoms with Gasteiger partial charge < -0.3 is 9.47 Å². The molecule has 2 nitrogen and oxygen atoms in total. The molecule has 0 N–H and O–H groups in total. The first-order valence-electron chi connectivity index (χ1n) is 4.92. The molecule has 1 heterocycles. The van der Waals surface area contributed by atoms with Crippen molar-refractivity contribution in [2.24, 2.45) is 11.8 Å². The minimum absolute atomic E-state index is 0.0315. The van der Waals surface area contributed by atoms with Crippen LogP contribution in [-0.4, -0.2) is 19.0 Å². The predicted octanol–water partition coefficient (Wildman–Crippen LogP) is 2.43. The van der Waals surface area contributed by atoms with E-state index in [0.29, 0.717) is 17.9 Å². The van der Waals surface area contributed by atoms with E-state index >= 15 is 0 Å². The number of hydrogen-bond acceptors (Lipinski definition) is 2. The zero-order valence-corrected chi connectivity index (χ0v) is 8.54. The molecule has 1 saturated heterocycles. The van der Waals surface area contributed by atoms with E-state index < -0.39 is 0 Å². The van der Waals surface area contributed by atoms with Gasteiger partial charge in [0.15, 0.2) is 6.29 Å². The zero-order chi connectivity index (χ0) is 9.14. The van der Waals surface area contributed by atoms with Crippen molar-refractivity contribution in [2.75, 3.05) is 6.61 Å². The monoisotopic (exact) mass is 172 g/mol. The highest BCUT2D eigenvalue weighted by Gasteiger charge is 2.30. The lowest BCUT2D eigenvalue weighted by molar-refractivity contribution is -0.0938. The number of rotatable bonds is 3. The summed E-state index contributed by atoms with van der Waals surface area (Å²) in [6.45, 7) is 9.44. The third kappa shape index (κ3) is 2.20. The molecule has 0 aliphatic carbocycles. The van der Waals surface area contributed by atoms with E-state index in [4.69, 9.17) is 9.47 Å². The molecule has 1 rings (SSSR count). The fraction of sp³-hybridized carbons (Fsp3) is 1.00. The largest absolute Gasteiger partial charge is 0.350 e. The average molecular weight is 172 g/mol. The summed E-state index contributed by atoms with van der Waals surface area (Å²) in [6, 6.07) is 0. The van der Waals surface area contributed by atoms with E-state index in [1.54, 1.807) is 0 Å². The first kappa shape index (κ1) is 10.0. The van der Waals surface area contributed by atoms with Crippen LogP contribution >= 0.6 is 0 Å². The summed E-state index contributed by atoms with van der Waals surface area (Å²) in [4.78, 5) is 0. The zero-order valence-electron chi connectivity index (χ0n) is 8.54. The van der Waals surface area contributed by atoms with Crippen LogP contribution < -0.4 is 0 Å². The van der Waals surface area contributed by atoms with Crippen molar-refractivity contribution < 1.29 is 9.47 Å². The van der Waals surface area contributed by atoms with Gasteiger partial charge in [-0.15, -0.1) is 0 Å². The molecule has 0 aromatic rings. The van der Waals surface area contributed by atoms with E-state index in [2.05, 4.69) is 27.7 Å². The summed E-state index contributed by atoms with van der Waals surface area (Å²) < 4.78 is 11.3. The van der Waals surface area contributed by atoms with Crippen LogP contribution in [0.25, 0.3) is 0 Å². The molecular formula is C10H20O2. The molecular weight excluding hydrogens is 152 g/mol. The summed E-state index contributed by atoms with van der Waals surface area (Å²) in [6.07, 6.45) is 1.52. The van der Waals surface area contributed by atoms with Crippen LogP contribution in [0.2, 0.25) is 0 Å². The van der Waals surface area contributed by atoms with Crippen LogP contribution in [0.1, 0.15) is 34.1 Å². The van der Waals surface area contributed by atoms with Crippen molar-refractivity contribution in [1.29, 1.82) is 0 Å². The quantitative estimate of drug-likeness (QED) is 0.651. The molecule has 72 valence electrons. The molecule has 0 aromatic heterocycles. The lowest BCUT2D eigenvalue weighted by Gasteiger charge is -2.17. The van der Waals surface area contributed by atoms with E-state index in [1.807, 2.05) is 0 Å². The second-order valence-corrected chi connectivity index (χ2v) is 4.01. The van der Waals surface area contributed by atoms with E-state index in [-0.39, 0.29) is 6.29 Å². The Morgan fingerprint density at radius 3 is 2.42 bits per heavy atom. The summed E-state index contributed by atoms with van der Waals surface area (Å²) >= 11 is 0. The summed E-state index contributed by atoms with van der Waals surface area (Å²) in [7, 11) is 0. The Labute approximate surface area is 75.2 Å². The van der Waals surface area contributed by atoms with Crippen LogP contribution in [0.4, 0.5) is 0 Å². The van der Waals surface area contributed by atoms with Crippen LogP contribution in [0.3, 0.4) is 0 Å². The van der Waals surface area contributed by atoms with Gasteiger partial charge in [-0.2, -0.15) is 0 Å². The second kappa shape index (κ2) is 4.24. The summed E-state index contributed by atoms with van der Waals surface area (Å²) in [5.74, 6) is 1.09. The Kier molecular flexibility index (Phi) is 3.53. The fourth-order valence-electron chi connectivity index (χ4n) is 1.35. The van der Waals surface area contributed by atoms with Crippen LogP contribution in [0.15, 0.2) is 0 Å². The standard InChI is InChI=1S/C10H20O2/c1-5-8(4)9-6-11-10(12-9)7(2)3/h7-10H,5-6H2,1-4H3. The highest BCUT2D eigenvalue weighted by Crippen LogP contribution is 2.24. The molecule has 0 amide bonds. The van der Waals surface area contributed by atoms with Gasteiger partial charge in [-0.25, -0.2) is 0 Å². The van der Waals surface area contributed by atoms with Gasteiger partial charge in [0.25, 0.3) is 0 Å². The van der Waals surface area contributed by atoms with Gasteiger partial charge in [0.2, 0.25) is 0 Å². The minimum Gasteiger partial charge on any atom is -0.350 e. The van der Waals surface area contributed by atoms with Gasteiger partial charge in [-0.1, -0.05) is 34.1 Å². The Balaban J connectivity index is 2.35. The highest BCUT2D eigenvalue weighted by atomic mass is 16.7. The Hall–Kier alpha value is -0.0800. The molecule has 0 spiro atoms. The molecule has 0 radical (unpaired) electrons. The van der Waals surface area contributed by atoms with Crippen molar-refractivity contribution in [3.8, 4) is 0 Å². The minimum atomic E-state index is 0.0315. The van der Waals surface area contributed by atoms with Gasteiger partial charge in [0, 0.05) is 5.92 Å². The molecule has 1 aliphatic rings. The number of hydrogen-bond donors (Lipinski definition) is 0. The third-order valence-electron chi connectivity index (χ3n) is 2.56. The predicted molar refractivity (Wildman–Crippen MR) is 48.9 cm³/mol. The van der Waals surface area contributed by atoms with Crippen molar-refractivity contribution in [1.82, 2.24) is 0 Å². The van der Waals surface area contributed by atoms with Gasteiger partial charge >= 0.3 is 0 Å². The summed E-state index contributed by atoms with van der Waals surface area (Å²) in [5, 5.41) is 0. The van der Waals surface area contributed by atoms with Crippen molar-refractivity contribution in [3.63, 3.8) is 0 Å². The SMILES string of the molecule is CCC(C)C1COC(C(C)C)O1. The molecule has 0 saturated carbocycles. The van der Waals surface area contributed by atoms with Gasteiger partial charge in [-0.3, -0.25) is 0 Å². The molecule has 1 fully saturated rings. The van der Waals surface area contributed by atoms with Crippen molar-refractivity contribution in [2.45, 2.75) is 46.5 Å². The van der Waals surface area contributed by atoms with Crippen molar-refractivity contribution in [3.05, 3.63) is 0 Å². The highest BCUT2D eigenvalue weighted by molar-refractivity contribution is 4.71. The normalized spacial score (nSPS) is 32.8. The molecule has 0 aromatic carbocycles. The van der Waals surface area contributed by atoms with Crippen LogP contribution in [0, 0.1) is 11.8 Å². The van der Waals surface area contributed by atoms with Crippen LogP contribution in [0.5, 0.6) is 0 Å². The maximum Gasteiger partial charge on any atom is 0.160 e. The van der Waals surface area contributed by atoms with E-state index in [0.717, 1.165) is 6.61 Å². The van der Waals surface area contributed by atoms with Gasteiger partial charge in [0.1, 0.15) is 0 Å². The molecule has 3 unspecified atom stereocenters. The smallest absolute Gasteiger partial charge is 0.160 e. The fourth-order valence-corrected chi connectivity index (χ4v) is 1.35. The van der Waals surface area contributed by atoms with Gasteiger partial charge in [0.05, 0.1) is 12.7 Å². The molecule has 3 atom stereocenters. The molecule has 1 aliphatic heterocycles. The first-order chi connectivity index (χ1) is 5.65. The molecule has 0 bridgehead atoms. The summed E-state index contributed by atoms with van der Waals surface area (Å²) in [5.41, 5.74) is 0. The van der Waals surface area contributed by atoms with Gasteiger partial charge in [-0.05, 0) is 5.92 Å². The first-order valence-corrected chi connectivity index (χ1v) is 4.92. The molecule has 12 heavy (non-hydrogen) atoms. The third-order valence-corrected chi connectivity index (χ3v) is 2.56. The topological polar surface area (TPSA) is 18.5 Å². The van der Waals surface area contributed by atoms with Crippen LogP contribution in [-0.2, 0) is 9.47 Å². The van der Waals surface area contributed by atoms with Crippen molar-refractivity contribution >= 4 is 0 Å². The lowest BCUT2D eigenvalue weighted by Crippen LogP contribution is -2.22. The number of ether oxygens (including phenoxy) is 2. The maximum atomic E-state index is 5.75. The van der Waals surface area contributed by atoms with E-state index in [1.165, 1.54) is 6.42 Å². The van der Waals surface area contributed by atoms with E-state index in [9.17, 15) is 0 Å². The Morgan fingerprint density at radius 2 is 2.00 bits per heavy atom. The Morgan fingerprint density at radius 1 is 1.33 bits per heavy atom.